The Balaban J connectivity index is 0.00000176. The molecule has 0 aliphatic rings. The number of nitrogens with one attached hydrogen (secondary N) is 1. The summed E-state index contributed by atoms with van der Waals surface area (Å²) in [5.41, 5.74) is 2.66. The van der Waals surface area contributed by atoms with Gasteiger partial charge in [-0.05, 0) is 38.1 Å². The van der Waals surface area contributed by atoms with Crippen LogP contribution in [0.3, 0.4) is 0 Å². The zero-order valence-corrected chi connectivity index (χ0v) is 13.3. The molecular weight excluding hydrogens is 298 g/mol. The lowest BCUT2D eigenvalue weighted by atomic mass is 10.2. The first-order valence-corrected chi connectivity index (χ1v) is 6.96. The van der Waals surface area contributed by atoms with Crippen LogP contribution in [-0.2, 0) is 0 Å². The molecule has 1 heterocycles. The fourth-order valence-corrected chi connectivity index (χ4v) is 2.07. The lowest BCUT2D eigenvalue weighted by molar-refractivity contribution is 0.242. The smallest absolute Gasteiger partial charge is 0.149 e. The van der Waals surface area contributed by atoms with Crippen LogP contribution >= 0.6 is 12.4 Å². The van der Waals surface area contributed by atoms with Crippen LogP contribution in [0.5, 0.6) is 5.75 Å². The van der Waals surface area contributed by atoms with Crippen LogP contribution in [0.15, 0.2) is 54.7 Å². The number of benzene rings is 2. The number of hydrogen-bond donors (Lipinski definition) is 1. The summed E-state index contributed by atoms with van der Waals surface area (Å²) < 4.78 is 5.66. The van der Waals surface area contributed by atoms with Gasteiger partial charge in [0.1, 0.15) is 11.6 Å². The van der Waals surface area contributed by atoms with E-state index in [4.69, 9.17) is 4.74 Å². The summed E-state index contributed by atoms with van der Waals surface area (Å²) in [7, 11) is 0. The summed E-state index contributed by atoms with van der Waals surface area (Å²) in [6.07, 6.45) is 1.88. The molecule has 2 aromatic carbocycles. The highest BCUT2D eigenvalue weighted by Crippen LogP contribution is 2.21. The molecule has 1 aromatic heterocycles. The Labute approximate surface area is 136 Å². The van der Waals surface area contributed by atoms with Crippen LogP contribution in [0.4, 0.5) is 11.5 Å². The molecule has 0 bridgehead atoms. The van der Waals surface area contributed by atoms with E-state index in [-0.39, 0.29) is 18.5 Å². The highest BCUT2D eigenvalue weighted by Gasteiger charge is 2.03. The van der Waals surface area contributed by atoms with Gasteiger partial charge in [0.05, 0.1) is 23.3 Å². The Bertz CT molecular complexity index is 747. The Morgan fingerprint density at radius 3 is 2.50 bits per heavy atom. The number of ether oxygens (including phenoxy) is 1. The number of nitrogens with zero attached hydrogens (tertiary/aromatic N) is 2. The van der Waals surface area contributed by atoms with Crippen molar-refractivity contribution in [2.45, 2.75) is 20.0 Å². The van der Waals surface area contributed by atoms with E-state index in [0.717, 1.165) is 28.3 Å². The van der Waals surface area contributed by atoms with E-state index in [9.17, 15) is 0 Å². The number of fused-ring (bicyclic) bond motifs is 1. The Morgan fingerprint density at radius 2 is 1.77 bits per heavy atom. The normalized spacial score (nSPS) is 10.3. The van der Waals surface area contributed by atoms with Gasteiger partial charge < -0.3 is 10.1 Å². The predicted molar refractivity (Wildman–Crippen MR) is 92.3 cm³/mol. The van der Waals surface area contributed by atoms with E-state index < -0.39 is 0 Å². The third-order valence-corrected chi connectivity index (χ3v) is 2.93. The van der Waals surface area contributed by atoms with Crippen molar-refractivity contribution in [2.75, 3.05) is 5.32 Å². The van der Waals surface area contributed by atoms with Crippen molar-refractivity contribution in [3.63, 3.8) is 0 Å². The van der Waals surface area contributed by atoms with Crippen LogP contribution in [0.1, 0.15) is 13.8 Å². The fourth-order valence-electron chi connectivity index (χ4n) is 2.07. The maximum atomic E-state index is 5.66. The topological polar surface area (TPSA) is 47.0 Å². The molecule has 0 saturated heterocycles. The Kier molecular flexibility index (Phi) is 5.17. The second-order valence-corrected chi connectivity index (χ2v) is 5.06. The van der Waals surface area contributed by atoms with Crippen molar-refractivity contribution in [1.82, 2.24) is 9.97 Å². The monoisotopic (exact) mass is 315 g/mol. The summed E-state index contributed by atoms with van der Waals surface area (Å²) in [5.74, 6) is 1.54. The van der Waals surface area contributed by atoms with Crippen molar-refractivity contribution in [1.29, 1.82) is 0 Å². The molecule has 22 heavy (non-hydrogen) atoms. The van der Waals surface area contributed by atoms with Crippen LogP contribution in [0.2, 0.25) is 0 Å². The minimum atomic E-state index is 0. The van der Waals surface area contributed by atoms with Gasteiger partial charge in [0.2, 0.25) is 0 Å². The Morgan fingerprint density at radius 1 is 1.00 bits per heavy atom. The molecule has 3 aromatic rings. The van der Waals surface area contributed by atoms with Crippen LogP contribution in [0, 0.1) is 0 Å². The molecule has 0 unspecified atom stereocenters. The average molecular weight is 316 g/mol. The second-order valence-electron chi connectivity index (χ2n) is 5.06. The highest BCUT2D eigenvalue weighted by molar-refractivity contribution is 5.85. The lowest BCUT2D eigenvalue weighted by Crippen LogP contribution is -2.05. The quantitative estimate of drug-likeness (QED) is 0.765. The van der Waals surface area contributed by atoms with E-state index in [1.165, 1.54) is 0 Å². The first kappa shape index (κ1) is 16.0. The van der Waals surface area contributed by atoms with Crippen LogP contribution in [-0.4, -0.2) is 16.1 Å². The van der Waals surface area contributed by atoms with E-state index in [1.807, 2.05) is 62.4 Å². The number of halogens is 1. The summed E-state index contributed by atoms with van der Waals surface area (Å²) >= 11 is 0. The summed E-state index contributed by atoms with van der Waals surface area (Å²) in [4.78, 5) is 9.00. The van der Waals surface area contributed by atoms with Crippen molar-refractivity contribution < 1.29 is 4.74 Å². The Hall–Kier alpha value is -2.33. The van der Waals surface area contributed by atoms with Gasteiger partial charge in [-0.25, -0.2) is 4.98 Å². The van der Waals surface area contributed by atoms with Crippen molar-refractivity contribution in [3.05, 3.63) is 54.7 Å². The molecule has 0 saturated carbocycles. The van der Waals surface area contributed by atoms with E-state index >= 15 is 0 Å². The van der Waals surface area contributed by atoms with E-state index in [0.29, 0.717) is 0 Å². The summed E-state index contributed by atoms with van der Waals surface area (Å²) in [6, 6.07) is 15.7. The van der Waals surface area contributed by atoms with Gasteiger partial charge in [-0.3, -0.25) is 4.98 Å². The van der Waals surface area contributed by atoms with Crippen LogP contribution < -0.4 is 10.1 Å². The second kappa shape index (κ2) is 7.09. The average Bonchev–Trinajstić information content (AvgIpc) is 2.48. The maximum absolute atomic E-state index is 5.66. The number of hydrogen-bond acceptors (Lipinski definition) is 4. The zero-order chi connectivity index (χ0) is 14.7. The number of anilines is 2. The molecule has 0 atom stereocenters. The standard InChI is InChI=1S/C17H17N3O.ClH/c1-12(2)21-14-8-9-15-16(10-14)18-11-17(20-15)19-13-6-4-3-5-7-13;/h3-12H,1-2H3,(H,19,20);1H. The molecule has 3 rings (SSSR count). The predicted octanol–water partition coefficient (Wildman–Crippen LogP) is 4.58. The molecule has 0 spiro atoms. The van der Waals surface area contributed by atoms with Crippen molar-refractivity contribution in [2.24, 2.45) is 0 Å². The first-order valence-electron chi connectivity index (χ1n) is 6.96. The van der Waals surface area contributed by atoms with Crippen LogP contribution in [0.25, 0.3) is 11.0 Å². The molecular formula is C17H18ClN3O. The largest absolute Gasteiger partial charge is 0.491 e. The van der Waals surface area contributed by atoms with E-state index in [2.05, 4.69) is 15.3 Å². The van der Waals surface area contributed by atoms with Gasteiger partial charge in [0.15, 0.2) is 0 Å². The highest BCUT2D eigenvalue weighted by atomic mass is 35.5. The maximum Gasteiger partial charge on any atom is 0.149 e. The van der Waals surface area contributed by atoms with Gasteiger partial charge in [-0.1, -0.05) is 18.2 Å². The molecule has 0 aliphatic carbocycles. The molecule has 114 valence electrons. The molecule has 0 aliphatic heterocycles. The molecule has 4 nitrogen and oxygen atoms in total. The zero-order valence-electron chi connectivity index (χ0n) is 12.5. The summed E-state index contributed by atoms with van der Waals surface area (Å²) in [6.45, 7) is 4.01. The number of rotatable bonds is 4. The molecule has 0 radical (unpaired) electrons. The first-order chi connectivity index (χ1) is 10.2. The van der Waals surface area contributed by atoms with Gasteiger partial charge in [-0.2, -0.15) is 0 Å². The minimum absolute atomic E-state index is 0. The minimum Gasteiger partial charge on any atom is -0.491 e. The fraction of sp³-hybridized carbons (Fsp3) is 0.176. The van der Waals surface area contributed by atoms with Gasteiger partial charge in [0.25, 0.3) is 0 Å². The number of para-hydroxylation sites is 1. The van der Waals surface area contributed by atoms with Crippen molar-refractivity contribution >= 4 is 34.9 Å². The SMILES string of the molecule is CC(C)Oc1ccc2nc(Nc3ccccc3)cnc2c1.Cl. The third-order valence-electron chi connectivity index (χ3n) is 2.93. The van der Waals surface area contributed by atoms with Crippen molar-refractivity contribution in [3.8, 4) is 5.75 Å². The molecule has 5 heteroatoms. The molecule has 0 fully saturated rings. The molecule has 0 amide bonds. The van der Waals surface area contributed by atoms with Gasteiger partial charge in [0, 0.05) is 11.8 Å². The number of aromatic nitrogens is 2. The molecule has 1 N–H and O–H groups in total. The third kappa shape index (κ3) is 3.86. The van der Waals surface area contributed by atoms with Gasteiger partial charge >= 0.3 is 0 Å². The summed E-state index contributed by atoms with van der Waals surface area (Å²) in [5, 5.41) is 3.24. The lowest BCUT2D eigenvalue weighted by Gasteiger charge is -2.10. The van der Waals surface area contributed by atoms with Gasteiger partial charge in [-0.15, -0.1) is 12.4 Å². The van der Waals surface area contributed by atoms with E-state index in [1.54, 1.807) is 6.20 Å².